The molecule has 0 saturated carbocycles. The quantitative estimate of drug-likeness (QED) is 0.730. The van der Waals surface area contributed by atoms with Crippen LogP contribution >= 0.6 is 0 Å². The predicted octanol–water partition coefficient (Wildman–Crippen LogP) is 2.84. The Labute approximate surface area is 160 Å². The fourth-order valence-corrected chi connectivity index (χ4v) is 3.32. The average molecular weight is 366 g/mol. The Kier molecular flexibility index (Phi) is 7.13. The van der Waals surface area contributed by atoms with Crippen molar-refractivity contribution in [3.63, 3.8) is 0 Å². The van der Waals surface area contributed by atoms with Crippen LogP contribution in [0.3, 0.4) is 0 Å². The van der Waals surface area contributed by atoms with Gasteiger partial charge in [0.15, 0.2) is 5.78 Å². The molecule has 1 aliphatic rings. The van der Waals surface area contributed by atoms with E-state index in [0.717, 1.165) is 13.1 Å². The second-order valence-corrected chi connectivity index (χ2v) is 6.67. The molecule has 1 amide bonds. The van der Waals surface area contributed by atoms with Gasteiger partial charge in [-0.2, -0.15) is 0 Å². The van der Waals surface area contributed by atoms with Crippen LogP contribution in [0.5, 0.6) is 0 Å². The van der Waals surface area contributed by atoms with Gasteiger partial charge in [0, 0.05) is 38.0 Å². The molecular weight excluding hydrogens is 340 g/mol. The van der Waals surface area contributed by atoms with E-state index < -0.39 is 0 Å². The molecule has 0 spiro atoms. The zero-order chi connectivity index (χ0) is 18.9. The third-order valence-corrected chi connectivity index (χ3v) is 4.84. The van der Waals surface area contributed by atoms with Gasteiger partial charge >= 0.3 is 0 Å². The fourth-order valence-electron chi connectivity index (χ4n) is 3.32. The summed E-state index contributed by atoms with van der Waals surface area (Å²) >= 11 is 0. The first-order valence-electron chi connectivity index (χ1n) is 9.46. The number of ketones is 1. The van der Waals surface area contributed by atoms with Crippen molar-refractivity contribution in [2.75, 3.05) is 32.8 Å². The van der Waals surface area contributed by atoms with E-state index in [-0.39, 0.29) is 30.6 Å². The summed E-state index contributed by atoms with van der Waals surface area (Å²) in [5.41, 5.74) is 1.83. The number of morpholine rings is 1. The molecule has 0 bridgehead atoms. The number of carbonyl (C=O) groups is 2. The summed E-state index contributed by atoms with van der Waals surface area (Å²) in [7, 11) is 0. The first-order valence-corrected chi connectivity index (χ1v) is 9.46. The number of nitrogens with zero attached hydrogens (tertiary/aromatic N) is 1. The van der Waals surface area contributed by atoms with Crippen molar-refractivity contribution in [3.05, 3.63) is 71.8 Å². The number of hydrogen-bond acceptors (Lipinski definition) is 4. The van der Waals surface area contributed by atoms with E-state index >= 15 is 0 Å². The van der Waals surface area contributed by atoms with Crippen LogP contribution in [-0.2, 0) is 9.53 Å². The highest BCUT2D eigenvalue weighted by Gasteiger charge is 2.23. The SMILES string of the molecule is O=C(CCC(=O)c1ccccc1)NCC(c1ccccc1)N1CCOCC1. The first-order chi connectivity index (χ1) is 13.2. The van der Waals surface area contributed by atoms with Gasteiger partial charge in [-0.3, -0.25) is 14.5 Å². The molecule has 5 heteroatoms. The molecule has 1 aliphatic heterocycles. The number of benzene rings is 2. The lowest BCUT2D eigenvalue weighted by atomic mass is 10.0. The maximum absolute atomic E-state index is 12.3. The summed E-state index contributed by atoms with van der Waals surface area (Å²) in [4.78, 5) is 26.8. The van der Waals surface area contributed by atoms with Crippen LogP contribution in [0.15, 0.2) is 60.7 Å². The number of carbonyl (C=O) groups excluding carboxylic acids is 2. The van der Waals surface area contributed by atoms with Gasteiger partial charge in [0.1, 0.15) is 0 Å². The van der Waals surface area contributed by atoms with Crippen LogP contribution in [0.1, 0.15) is 34.8 Å². The standard InChI is InChI=1S/C22H26N2O3/c25-21(19-9-5-2-6-10-19)11-12-22(26)23-17-20(18-7-3-1-4-8-18)24-13-15-27-16-14-24/h1-10,20H,11-17H2,(H,23,26). The van der Waals surface area contributed by atoms with E-state index in [4.69, 9.17) is 4.74 Å². The van der Waals surface area contributed by atoms with Crippen LogP contribution in [0.4, 0.5) is 0 Å². The highest BCUT2D eigenvalue weighted by Crippen LogP contribution is 2.21. The lowest BCUT2D eigenvalue weighted by Crippen LogP contribution is -2.43. The van der Waals surface area contributed by atoms with Gasteiger partial charge in [-0.05, 0) is 5.56 Å². The van der Waals surface area contributed by atoms with Crippen molar-refractivity contribution < 1.29 is 14.3 Å². The Morgan fingerprint density at radius 2 is 1.56 bits per heavy atom. The zero-order valence-corrected chi connectivity index (χ0v) is 15.5. The van der Waals surface area contributed by atoms with Crippen molar-refractivity contribution in [1.29, 1.82) is 0 Å². The minimum Gasteiger partial charge on any atom is -0.379 e. The molecule has 0 aliphatic carbocycles. The summed E-state index contributed by atoms with van der Waals surface area (Å²) in [5, 5.41) is 3.01. The van der Waals surface area contributed by atoms with Gasteiger partial charge < -0.3 is 10.1 Å². The lowest BCUT2D eigenvalue weighted by molar-refractivity contribution is -0.121. The van der Waals surface area contributed by atoms with E-state index in [9.17, 15) is 9.59 Å². The molecule has 1 atom stereocenters. The number of ether oxygens (including phenoxy) is 1. The second kappa shape index (κ2) is 10.00. The lowest BCUT2D eigenvalue weighted by Gasteiger charge is -2.35. The number of amides is 1. The van der Waals surface area contributed by atoms with Crippen LogP contribution in [0.2, 0.25) is 0 Å². The predicted molar refractivity (Wildman–Crippen MR) is 105 cm³/mol. The Balaban J connectivity index is 1.53. The Hall–Kier alpha value is -2.50. The van der Waals surface area contributed by atoms with Crippen molar-refractivity contribution in [1.82, 2.24) is 10.2 Å². The summed E-state index contributed by atoms with van der Waals surface area (Å²) in [6.07, 6.45) is 0.432. The number of Topliss-reactive ketones (excluding diaryl/α,β-unsaturated/α-hetero) is 1. The smallest absolute Gasteiger partial charge is 0.220 e. The van der Waals surface area contributed by atoms with Crippen LogP contribution in [0.25, 0.3) is 0 Å². The minimum absolute atomic E-state index is 0.00135. The van der Waals surface area contributed by atoms with E-state index in [1.807, 2.05) is 36.4 Å². The number of rotatable bonds is 8. The van der Waals surface area contributed by atoms with Gasteiger partial charge in [0.05, 0.1) is 19.3 Å². The first kappa shape index (κ1) is 19.3. The van der Waals surface area contributed by atoms with E-state index in [1.165, 1.54) is 5.56 Å². The van der Waals surface area contributed by atoms with E-state index in [0.29, 0.717) is 25.3 Å². The average Bonchev–Trinajstić information content (AvgIpc) is 2.74. The van der Waals surface area contributed by atoms with Crippen molar-refractivity contribution in [2.24, 2.45) is 0 Å². The number of hydrogen-bond donors (Lipinski definition) is 1. The van der Waals surface area contributed by atoms with Gasteiger partial charge in [-0.25, -0.2) is 0 Å². The Bertz CT molecular complexity index is 728. The summed E-state index contributed by atoms with van der Waals surface area (Å²) in [6.45, 7) is 3.65. The maximum Gasteiger partial charge on any atom is 0.220 e. The van der Waals surface area contributed by atoms with Crippen molar-refractivity contribution in [3.8, 4) is 0 Å². The molecule has 5 nitrogen and oxygen atoms in total. The Morgan fingerprint density at radius 3 is 2.22 bits per heavy atom. The molecule has 3 rings (SSSR count). The van der Waals surface area contributed by atoms with Gasteiger partial charge in [-0.15, -0.1) is 0 Å². The molecule has 142 valence electrons. The molecule has 1 saturated heterocycles. The summed E-state index contributed by atoms with van der Waals surface area (Å²) < 4.78 is 5.45. The highest BCUT2D eigenvalue weighted by atomic mass is 16.5. The normalized spacial score (nSPS) is 15.9. The monoisotopic (exact) mass is 366 g/mol. The molecule has 2 aromatic rings. The molecule has 1 N–H and O–H groups in total. The summed E-state index contributed by atoms with van der Waals surface area (Å²) in [6, 6.07) is 19.4. The van der Waals surface area contributed by atoms with Crippen LogP contribution in [0, 0.1) is 0 Å². The van der Waals surface area contributed by atoms with Crippen LogP contribution in [-0.4, -0.2) is 49.4 Å². The maximum atomic E-state index is 12.3. The molecular formula is C22H26N2O3. The van der Waals surface area contributed by atoms with Gasteiger partial charge in [0.25, 0.3) is 0 Å². The molecule has 2 aromatic carbocycles. The second-order valence-electron chi connectivity index (χ2n) is 6.67. The molecule has 0 aromatic heterocycles. The van der Waals surface area contributed by atoms with Crippen LogP contribution < -0.4 is 5.32 Å². The van der Waals surface area contributed by atoms with Gasteiger partial charge in [-0.1, -0.05) is 60.7 Å². The zero-order valence-electron chi connectivity index (χ0n) is 15.5. The fraction of sp³-hybridized carbons (Fsp3) is 0.364. The van der Waals surface area contributed by atoms with E-state index in [2.05, 4.69) is 22.3 Å². The number of nitrogens with one attached hydrogen (secondary N) is 1. The Morgan fingerprint density at radius 1 is 0.926 bits per heavy atom. The molecule has 1 fully saturated rings. The van der Waals surface area contributed by atoms with Crippen molar-refractivity contribution in [2.45, 2.75) is 18.9 Å². The van der Waals surface area contributed by atoms with Crippen molar-refractivity contribution >= 4 is 11.7 Å². The molecule has 27 heavy (non-hydrogen) atoms. The molecule has 1 unspecified atom stereocenters. The topological polar surface area (TPSA) is 58.6 Å². The largest absolute Gasteiger partial charge is 0.379 e. The molecule has 1 heterocycles. The van der Waals surface area contributed by atoms with E-state index in [1.54, 1.807) is 12.1 Å². The minimum atomic E-state index is -0.0894. The van der Waals surface area contributed by atoms with Gasteiger partial charge in [0.2, 0.25) is 5.91 Å². The third kappa shape index (κ3) is 5.74. The third-order valence-electron chi connectivity index (χ3n) is 4.84. The summed E-state index contributed by atoms with van der Waals surface area (Å²) in [5.74, 6) is -0.0907. The highest BCUT2D eigenvalue weighted by molar-refractivity contribution is 5.97. The molecule has 0 radical (unpaired) electrons.